The molecule has 0 saturated heterocycles. The van der Waals surface area contributed by atoms with Crippen molar-refractivity contribution in [3.63, 3.8) is 0 Å². The second-order valence-corrected chi connectivity index (χ2v) is 25.2. The topological polar surface area (TPSA) is 12.5 Å². The van der Waals surface area contributed by atoms with E-state index in [4.69, 9.17) is 4.74 Å². The van der Waals surface area contributed by atoms with Crippen LogP contribution < -0.4 is 9.64 Å². The Balaban J connectivity index is 0.910. The smallest absolute Gasteiger partial charge is 0.151 e. The second kappa shape index (κ2) is 19.9. The molecule has 0 amide bonds. The third-order valence-corrected chi connectivity index (χ3v) is 19.5. The molecule has 88 heavy (non-hydrogen) atoms. The van der Waals surface area contributed by atoms with Gasteiger partial charge in [-0.3, -0.25) is 0 Å². The molecule has 0 atom stereocenters. The maximum absolute atomic E-state index is 7.26. The van der Waals surface area contributed by atoms with E-state index in [0.717, 1.165) is 84.2 Å². The highest BCUT2D eigenvalue weighted by molar-refractivity contribution is 6.07. The van der Waals surface area contributed by atoms with E-state index in [1.807, 2.05) is 0 Å². The van der Waals surface area contributed by atoms with Crippen LogP contribution >= 0.6 is 0 Å². The highest BCUT2D eigenvalue weighted by Gasteiger charge is 2.39. The lowest BCUT2D eigenvalue weighted by atomic mass is 9.81. The van der Waals surface area contributed by atoms with Gasteiger partial charge in [0.2, 0.25) is 0 Å². The predicted molar refractivity (Wildman–Crippen MR) is 369 cm³/mol. The van der Waals surface area contributed by atoms with E-state index in [9.17, 15) is 0 Å². The molecule has 14 aromatic carbocycles. The molecule has 17 rings (SSSR count). The van der Waals surface area contributed by atoms with Crippen molar-refractivity contribution in [2.45, 2.75) is 38.5 Å². The van der Waals surface area contributed by atoms with Crippen LogP contribution in [0.25, 0.3) is 122 Å². The van der Waals surface area contributed by atoms with E-state index >= 15 is 0 Å². The summed E-state index contributed by atoms with van der Waals surface area (Å²) in [5.41, 5.74) is 29.3. The third-order valence-electron chi connectivity index (χ3n) is 19.5. The monoisotopic (exact) mass is 1120 g/mol. The fourth-order valence-corrected chi connectivity index (χ4v) is 14.8. The first-order valence-electron chi connectivity index (χ1n) is 30.8. The zero-order valence-corrected chi connectivity index (χ0v) is 49.6. The summed E-state index contributed by atoms with van der Waals surface area (Å²) >= 11 is 0. The average molecular weight is 1120 g/mol. The number of nitrogens with zero attached hydrogens (tertiary/aromatic N) is 1. The van der Waals surface area contributed by atoms with E-state index in [0.29, 0.717) is 0 Å². The Morgan fingerprint density at radius 2 is 0.591 bits per heavy atom. The van der Waals surface area contributed by atoms with Crippen LogP contribution in [0.2, 0.25) is 0 Å². The number of anilines is 3. The van der Waals surface area contributed by atoms with Crippen molar-refractivity contribution in [2.24, 2.45) is 0 Å². The van der Waals surface area contributed by atoms with Gasteiger partial charge in [-0.15, -0.1) is 0 Å². The molecule has 0 saturated carbocycles. The molecule has 0 unspecified atom stereocenters. The molecular weight excluding hydrogens is 1060 g/mol. The van der Waals surface area contributed by atoms with Gasteiger partial charge >= 0.3 is 0 Å². The molecule has 0 spiro atoms. The van der Waals surface area contributed by atoms with Gasteiger partial charge in [0, 0.05) is 22.0 Å². The van der Waals surface area contributed by atoms with Crippen LogP contribution in [-0.2, 0) is 10.8 Å². The van der Waals surface area contributed by atoms with E-state index in [1.165, 1.54) is 88.3 Å². The molecule has 14 aromatic rings. The molecule has 1 aliphatic heterocycles. The van der Waals surface area contributed by atoms with Crippen LogP contribution in [0.4, 0.5) is 17.1 Å². The number of ether oxygens (including phenoxy) is 1. The summed E-state index contributed by atoms with van der Waals surface area (Å²) in [6.07, 6.45) is 0. The summed E-state index contributed by atoms with van der Waals surface area (Å²) in [6.45, 7) is 9.54. The zero-order valence-electron chi connectivity index (χ0n) is 49.6. The van der Waals surface area contributed by atoms with E-state index in [2.05, 4.69) is 330 Å². The van der Waals surface area contributed by atoms with E-state index in [1.54, 1.807) is 0 Å². The van der Waals surface area contributed by atoms with Gasteiger partial charge < -0.3 is 9.64 Å². The summed E-state index contributed by atoms with van der Waals surface area (Å²) in [4.78, 5) is 2.54. The Kier molecular flexibility index (Phi) is 11.7. The first-order valence-corrected chi connectivity index (χ1v) is 30.8. The minimum atomic E-state index is -0.205. The van der Waals surface area contributed by atoms with Crippen molar-refractivity contribution in [1.82, 2.24) is 0 Å². The van der Waals surface area contributed by atoms with Gasteiger partial charge in [0.1, 0.15) is 0 Å². The number of fused-ring (bicyclic) bond motifs is 12. The fourth-order valence-electron chi connectivity index (χ4n) is 14.8. The quantitative estimate of drug-likeness (QED) is 0.150. The van der Waals surface area contributed by atoms with Crippen LogP contribution in [0.3, 0.4) is 0 Å². The average Bonchev–Trinajstić information content (AvgIpc) is 1.68. The van der Waals surface area contributed by atoms with Crippen LogP contribution in [0, 0.1) is 0 Å². The third kappa shape index (κ3) is 8.16. The first kappa shape index (κ1) is 51.6. The fraction of sp³-hybridized carbons (Fsp3) is 0.0698. The van der Waals surface area contributed by atoms with Gasteiger partial charge in [0.25, 0.3) is 0 Å². The Morgan fingerprint density at radius 1 is 0.250 bits per heavy atom. The van der Waals surface area contributed by atoms with Gasteiger partial charge in [-0.1, -0.05) is 276 Å². The van der Waals surface area contributed by atoms with Crippen LogP contribution in [-0.4, -0.2) is 0 Å². The SMILES string of the molecule is CC1(C)c2cc(-c3ccc4c(c3)N(c3c(-c5ccc(-c6ccccc6)cc5)cc(-c5ccccc5)cc3-c3ccc(-c5ccccc5)cc3)c3cc(-c5ccc6c(c5)C(C)(C)c5ccc7ccccc7c5-6)ccc3O4)ccc2-c2c1ccc1ccccc21. The molecule has 2 nitrogen and oxygen atoms in total. The highest BCUT2D eigenvalue weighted by atomic mass is 16.5. The van der Waals surface area contributed by atoms with Crippen LogP contribution in [0.5, 0.6) is 11.5 Å². The number of hydrogen-bond donors (Lipinski definition) is 0. The Bertz CT molecular complexity index is 4830. The Labute approximate surface area is 514 Å². The van der Waals surface area contributed by atoms with Gasteiger partial charge in [0.15, 0.2) is 11.5 Å². The highest BCUT2D eigenvalue weighted by Crippen LogP contribution is 2.59. The molecule has 0 aromatic heterocycles. The molecule has 0 fully saturated rings. The molecule has 416 valence electrons. The summed E-state index contributed by atoms with van der Waals surface area (Å²) in [6, 6.07) is 110. The first-order chi connectivity index (χ1) is 43.1. The number of benzene rings is 14. The summed E-state index contributed by atoms with van der Waals surface area (Å²) in [5, 5.41) is 5.13. The predicted octanol–water partition coefficient (Wildman–Crippen LogP) is 23.9. The summed E-state index contributed by atoms with van der Waals surface area (Å²) in [5.74, 6) is 1.58. The number of hydrogen-bond acceptors (Lipinski definition) is 2. The Hall–Kier alpha value is -10.8. The van der Waals surface area contributed by atoms with Gasteiger partial charge in [0.05, 0.1) is 17.1 Å². The summed E-state index contributed by atoms with van der Waals surface area (Å²) in [7, 11) is 0. The maximum Gasteiger partial charge on any atom is 0.151 e. The van der Waals surface area contributed by atoms with Crippen molar-refractivity contribution in [2.75, 3.05) is 4.90 Å². The molecule has 2 aliphatic carbocycles. The molecule has 2 heteroatoms. The lowest BCUT2D eigenvalue weighted by Crippen LogP contribution is -2.18. The normalized spacial score (nSPS) is 13.7. The second-order valence-electron chi connectivity index (χ2n) is 25.2. The Morgan fingerprint density at radius 3 is 1.02 bits per heavy atom. The number of rotatable bonds is 8. The maximum atomic E-state index is 7.26. The molecule has 0 N–H and O–H groups in total. The standard InChI is InChI=1S/C86H61NO/c1-85(2)74-44-38-59-24-14-16-26-68(59)82(74)70-42-36-63(50-76(70)85)65-40-46-80-78(52-65)87(79-53-66(41-47-81(79)88-80)64-37-43-71-77(51-64)86(3,4)75-45-39-60-25-15-17-27-69(60)83(71)75)84-72(61-32-28-57(29-33-61)54-18-8-5-9-19-54)48-67(56-22-12-7-13-23-56)49-73(84)62-34-30-58(31-35-62)55-20-10-6-11-21-55/h5-53H,1-4H3. The van der Waals surface area contributed by atoms with Gasteiger partial charge in [-0.2, -0.15) is 0 Å². The van der Waals surface area contributed by atoms with Crippen LogP contribution in [0.1, 0.15) is 49.9 Å². The molecule has 0 radical (unpaired) electrons. The van der Waals surface area contributed by atoms with Crippen molar-refractivity contribution in [3.8, 4) is 112 Å². The molecule has 0 bridgehead atoms. The molecule has 3 aliphatic rings. The van der Waals surface area contributed by atoms with Crippen molar-refractivity contribution < 1.29 is 4.74 Å². The van der Waals surface area contributed by atoms with Crippen molar-refractivity contribution in [3.05, 3.63) is 320 Å². The van der Waals surface area contributed by atoms with Gasteiger partial charge in [-0.05, 0) is 181 Å². The minimum Gasteiger partial charge on any atom is -0.453 e. The van der Waals surface area contributed by atoms with Crippen molar-refractivity contribution >= 4 is 38.6 Å². The van der Waals surface area contributed by atoms with E-state index in [-0.39, 0.29) is 10.8 Å². The minimum absolute atomic E-state index is 0.205. The summed E-state index contributed by atoms with van der Waals surface area (Å²) < 4.78 is 7.26. The zero-order chi connectivity index (χ0) is 58.8. The largest absolute Gasteiger partial charge is 0.453 e. The lowest BCUT2D eigenvalue weighted by Gasteiger charge is -2.36. The van der Waals surface area contributed by atoms with Gasteiger partial charge in [-0.25, -0.2) is 0 Å². The lowest BCUT2D eigenvalue weighted by molar-refractivity contribution is 0.477. The van der Waals surface area contributed by atoms with Crippen molar-refractivity contribution in [1.29, 1.82) is 0 Å². The molecule has 1 heterocycles. The van der Waals surface area contributed by atoms with E-state index < -0.39 is 0 Å². The van der Waals surface area contributed by atoms with Crippen LogP contribution in [0.15, 0.2) is 297 Å². The molecular formula is C86H61NO.